The van der Waals surface area contributed by atoms with Crippen LogP contribution in [0, 0.1) is 5.92 Å². The summed E-state index contributed by atoms with van der Waals surface area (Å²) in [5.41, 5.74) is 1.39. The number of hydrogen-bond donors (Lipinski definition) is 2. The van der Waals surface area contributed by atoms with Crippen molar-refractivity contribution in [2.24, 2.45) is 13.0 Å². The molecule has 102 valence electrons. The van der Waals surface area contributed by atoms with Crippen LogP contribution in [-0.4, -0.2) is 33.4 Å². The van der Waals surface area contributed by atoms with E-state index < -0.39 is 0 Å². The smallest absolute Gasteiger partial charge is 0.255 e. The Labute approximate surface area is 108 Å². The van der Waals surface area contributed by atoms with Crippen LogP contribution in [0.2, 0.25) is 0 Å². The Balaban J connectivity index is 2.74. The molecule has 1 rings (SSSR count). The predicted molar refractivity (Wildman–Crippen MR) is 70.4 cm³/mol. The zero-order valence-corrected chi connectivity index (χ0v) is 11.6. The Hall–Kier alpha value is -1.36. The predicted octanol–water partition coefficient (Wildman–Crippen LogP) is 1.12. The molecule has 1 aromatic rings. The zero-order valence-electron chi connectivity index (χ0n) is 11.6. The average Bonchev–Trinajstić information content (AvgIpc) is 2.69. The van der Waals surface area contributed by atoms with E-state index in [0.29, 0.717) is 11.5 Å². The summed E-state index contributed by atoms with van der Waals surface area (Å²) in [6, 6.07) is -0.192. The maximum absolute atomic E-state index is 12.1. The van der Waals surface area contributed by atoms with E-state index in [1.54, 1.807) is 17.9 Å². The molecule has 1 unspecified atom stereocenters. The van der Waals surface area contributed by atoms with Gasteiger partial charge in [0.15, 0.2) is 0 Å². The number of hydrogen-bond acceptors (Lipinski definition) is 3. The van der Waals surface area contributed by atoms with E-state index in [1.807, 2.05) is 6.92 Å². The summed E-state index contributed by atoms with van der Waals surface area (Å²) in [5.74, 6) is 0.279. The summed E-state index contributed by atoms with van der Waals surface area (Å²) >= 11 is 0. The quantitative estimate of drug-likeness (QED) is 0.798. The minimum absolute atomic E-state index is 0.0361. The summed E-state index contributed by atoms with van der Waals surface area (Å²) in [5, 5.41) is 16.4. The lowest BCUT2D eigenvalue weighted by Gasteiger charge is -2.18. The van der Waals surface area contributed by atoms with Gasteiger partial charge in [-0.3, -0.25) is 9.48 Å². The number of rotatable bonds is 6. The van der Waals surface area contributed by atoms with Crippen molar-refractivity contribution in [3.8, 4) is 0 Å². The van der Waals surface area contributed by atoms with Crippen molar-refractivity contribution in [3.63, 3.8) is 0 Å². The minimum atomic E-state index is -0.192. The van der Waals surface area contributed by atoms with E-state index in [1.165, 1.54) is 0 Å². The van der Waals surface area contributed by atoms with Crippen molar-refractivity contribution in [2.75, 3.05) is 6.61 Å². The van der Waals surface area contributed by atoms with E-state index in [0.717, 1.165) is 18.5 Å². The fraction of sp³-hybridized carbons (Fsp3) is 0.692. The molecule has 0 aliphatic heterocycles. The molecule has 0 bridgehead atoms. The molecule has 1 amide bonds. The molecule has 2 N–H and O–H groups in total. The van der Waals surface area contributed by atoms with Crippen LogP contribution >= 0.6 is 0 Å². The molecular weight excluding hydrogens is 230 g/mol. The number of aromatic nitrogens is 2. The van der Waals surface area contributed by atoms with Crippen LogP contribution in [0.15, 0.2) is 6.20 Å². The van der Waals surface area contributed by atoms with Crippen molar-refractivity contribution in [1.82, 2.24) is 15.1 Å². The SMILES string of the molecule is CCc1nn(C)cc1C(=O)NC(CO)CC(C)C. The molecule has 0 radical (unpaired) electrons. The molecule has 0 aliphatic carbocycles. The van der Waals surface area contributed by atoms with Gasteiger partial charge in [0, 0.05) is 13.2 Å². The van der Waals surface area contributed by atoms with Crippen molar-refractivity contribution >= 4 is 5.91 Å². The molecule has 0 fully saturated rings. The second kappa shape index (κ2) is 6.54. The third kappa shape index (κ3) is 3.84. The summed E-state index contributed by atoms with van der Waals surface area (Å²) in [4.78, 5) is 12.1. The molecule has 0 aliphatic rings. The molecule has 0 spiro atoms. The van der Waals surface area contributed by atoms with Crippen LogP contribution in [0.25, 0.3) is 0 Å². The van der Waals surface area contributed by atoms with Crippen LogP contribution in [0.3, 0.4) is 0 Å². The number of aryl methyl sites for hydroxylation is 2. The average molecular weight is 253 g/mol. The van der Waals surface area contributed by atoms with Crippen LogP contribution in [0.1, 0.15) is 43.2 Å². The van der Waals surface area contributed by atoms with Gasteiger partial charge in [0.25, 0.3) is 5.91 Å². The second-order valence-electron chi connectivity index (χ2n) is 5.00. The zero-order chi connectivity index (χ0) is 13.7. The lowest BCUT2D eigenvalue weighted by atomic mass is 10.0. The number of aliphatic hydroxyl groups excluding tert-OH is 1. The third-order valence-electron chi connectivity index (χ3n) is 2.80. The molecule has 18 heavy (non-hydrogen) atoms. The number of nitrogens with zero attached hydrogens (tertiary/aromatic N) is 2. The van der Waals surface area contributed by atoms with Crippen LogP contribution in [-0.2, 0) is 13.5 Å². The fourth-order valence-corrected chi connectivity index (χ4v) is 2.00. The highest BCUT2D eigenvalue weighted by atomic mass is 16.3. The van der Waals surface area contributed by atoms with Gasteiger partial charge in [-0.15, -0.1) is 0 Å². The molecule has 5 nitrogen and oxygen atoms in total. The van der Waals surface area contributed by atoms with E-state index in [9.17, 15) is 9.90 Å². The fourth-order valence-electron chi connectivity index (χ4n) is 2.00. The normalized spacial score (nSPS) is 12.8. The maximum atomic E-state index is 12.1. The van der Waals surface area contributed by atoms with Gasteiger partial charge >= 0.3 is 0 Å². The van der Waals surface area contributed by atoms with Crippen LogP contribution in [0.4, 0.5) is 0 Å². The van der Waals surface area contributed by atoms with Crippen molar-refractivity contribution in [2.45, 2.75) is 39.7 Å². The molecule has 0 saturated carbocycles. The largest absolute Gasteiger partial charge is 0.394 e. The minimum Gasteiger partial charge on any atom is -0.394 e. The van der Waals surface area contributed by atoms with Crippen LogP contribution in [0.5, 0.6) is 0 Å². The molecule has 0 aromatic carbocycles. The first-order valence-electron chi connectivity index (χ1n) is 6.42. The number of nitrogens with one attached hydrogen (secondary N) is 1. The molecule has 0 saturated heterocycles. The van der Waals surface area contributed by atoms with Crippen molar-refractivity contribution < 1.29 is 9.90 Å². The first-order chi connectivity index (χ1) is 8.47. The summed E-state index contributed by atoms with van der Waals surface area (Å²) in [6.45, 7) is 6.06. The highest BCUT2D eigenvalue weighted by Gasteiger charge is 2.18. The summed E-state index contributed by atoms with van der Waals surface area (Å²) in [7, 11) is 1.80. The number of amides is 1. The standard InChI is InChI=1S/C13H23N3O2/c1-5-12-11(7-16(4)15-12)13(18)14-10(8-17)6-9(2)3/h7,9-10,17H,5-6,8H2,1-4H3,(H,14,18). The monoisotopic (exact) mass is 253 g/mol. The van der Waals surface area contributed by atoms with E-state index >= 15 is 0 Å². The van der Waals surface area contributed by atoms with E-state index in [4.69, 9.17) is 0 Å². The summed E-state index contributed by atoms with van der Waals surface area (Å²) in [6.07, 6.45) is 3.21. The first-order valence-corrected chi connectivity index (χ1v) is 6.42. The van der Waals surface area contributed by atoms with Gasteiger partial charge in [-0.1, -0.05) is 20.8 Å². The van der Waals surface area contributed by atoms with Crippen molar-refractivity contribution in [3.05, 3.63) is 17.5 Å². The first kappa shape index (κ1) is 14.7. The highest BCUT2D eigenvalue weighted by Crippen LogP contribution is 2.09. The Morgan fingerprint density at radius 2 is 2.22 bits per heavy atom. The van der Waals surface area contributed by atoms with Crippen LogP contribution < -0.4 is 5.32 Å². The van der Waals surface area contributed by atoms with E-state index in [2.05, 4.69) is 24.3 Å². The van der Waals surface area contributed by atoms with Gasteiger partial charge in [0.1, 0.15) is 0 Å². The number of aliphatic hydroxyl groups is 1. The second-order valence-corrected chi connectivity index (χ2v) is 5.00. The molecule has 1 heterocycles. The molecular formula is C13H23N3O2. The van der Waals surface area contributed by atoms with E-state index in [-0.39, 0.29) is 18.6 Å². The number of carbonyl (C=O) groups is 1. The topological polar surface area (TPSA) is 67.2 Å². The van der Waals surface area contributed by atoms with Gasteiger partial charge in [-0.25, -0.2) is 0 Å². The van der Waals surface area contributed by atoms with Gasteiger partial charge in [0.05, 0.1) is 23.9 Å². The molecule has 1 aromatic heterocycles. The summed E-state index contributed by atoms with van der Waals surface area (Å²) < 4.78 is 1.64. The Morgan fingerprint density at radius 1 is 1.56 bits per heavy atom. The number of carbonyl (C=O) groups excluding carboxylic acids is 1. The molecule has 5 heteroatoms. The van der Waals surface area contributed by atoms with Gasteiger partial charge < -0.3 is 10.4 Å². The lowest BCUT2D eigenvalue weighted by Crippen LogP contribution is -2.38. The lowest BCUT2D eigenvalue weighted by molar-refractivity contribution is 0.0907. The molecule has 1 atom stereocenters. The Bertz CT molecular complexity index is 399. The van der Waals surface area contributed by atoms with Gasteiger partial charge in [-0.05, 0) is 18.8 Å². The van der Waals surface area contributed by atoms with Crippen molar-refractivity contribution in [1.29, 1.82) is 0 Å². The van der Waals surface area contributed by atoms with Gasteiger partial charge in [0.2, 0.25) is 0 Å². The maximum Gasteiger partial charge on any atom is 0.255 e. The third-order valence-corrected chi connectivity index (χ3v) is 2.80. The Kier molecular flexibility index (Phi) is 5.34. The Morgan fingerprint density at radius 3 is 2.72 bits per heavy atom. The van der Waals surface area contributed by atoms with Gasteiger partial charge in [-0.2, -0.15) is 5.10 Å². The highest BCUT2D eigenvalue weighted by molar-refractivity contribution is 5.95.